The molecule has 0 fully saturated rings. The number of aromatic carboxylic acids is 1. The zero-order valence-corrected chi connectivity index (χ0v) is 12.4. The summed E-state index contributed by atoms with van der Waals surface area (Å²) in [6, 6.07) is 4.78. The van der Waals surface area contributed by atoms with Gasteiger partial charge in [-0.2, -0.15) is 0 Å². The van der Waals surface area contributed by atoms with Gasteiger partial charge in [0.15, 0.2) is 0 Å². The lowest BCUT2D eigenvalue weighted by Gasteiger charge is -2.13. The Morgan fingerprint density at radius 1 is 1.10 bits per heavy atom. The van der Waals surface area contributed by atoms with E-state index in [1.54, 1.807) is 0 Å². The summed E-state index contributed by atoms with van der Waals surface area (Å²) in [5.74, 6) is -2.39. The third-order valence-electron chi connectivity index (χ3n) is 2.56. The maximum Gasteiger partial charge on any atom is 0.341 e. The molecule has 0 spiro atoms. The summed E-state index contributed by atoms with van der Waals surface area (Å²) in [7, 11) is 0. The second-order valence-electron chi connectivity index (χ2n) is 3.94. The molecule has 0 atom stereocenters. The molecule has 0 amide bonds. The standard InChI is InChI=1S/C13H7Cl3FNO3/c14-5-3-7(16)10(4-6(5)15)21-9-2-1-8(17)12(18)11(9)13(19)20/h1-4H,18H2,(H,19,20). The lowest BCUT2D eigenvalue weighted by molar-refractivity contribution is 0.0695. The molecular weight excluding hydrogens is 344 g/mol. The van der Waals surface area contributed by atoms with E-state index in [0.717, 1.165) is 12.1 Å². The van der Waals surface area contributed by atoms with Crippen LogP contribution in [0.15, 0.2) is 24.3 Å². The summed E-state index contributed by atoms with van der Waals surface area (Å²) in [5.41, 5.74) is 4.38. The highest BCUT2D eigenvalue weighted by molar-refractivity contribution is 6.43. The number of nitrogen functional groups attached to an aromatic ring is 1. The Balaban J connectivity index is 2.52. The number of anilines is 1. The van der Waals surface area contributed by atoms with E-state index >= 15 is 0 Å². The Labute approximate surface area is 133 Å². The van der Waals surface area contributed by atoms with E-state index in [1.807, 2.05) is 0 Å². The molecule has 0 unspecified atom stereocenters. The van der Waals surface area contributed by atoms with Gasteiger partial charge in [0.25, 0.3) is 0 Å². The van der Waals surface area contributed by atoms with Crippen molar-refractivity contribution in [2.75, 3.05) is 5.73 Å². The summed E-state index contributed by atoms with van der Waals surface area (Å²) in [4.78, 5) is 11.2. The Morgan fingerprint density at radius 3 is 2.33 bits per heavy atom. The van der Waals surface area contributed by atoms with Gasteiger partial charge in [0.05, 0.1) is 20.8 Å². The number of halogens is 4. The molecule has 0 aromatic heterocycles. The van der Waals surface area contributed by atoms with Crippen LogP contribution in [0.4, 0.5) is 10.1 Å². The second kappa shape index (κ2) is 5.97. The van der Waals surface area contributed by atoms with Crippen molar-refractivity contribution in [3.8, 4) is 11.5 Å². The highest BCUT2D eigenvalue weighted by Crippen LogP contribution is 2.38. The van der Waals surface area contributed by atoms with Gasteiger partial charge in [-0.25, -0.2) is 9.18 Å². The van der Waals surface area contributed by atoms with Crippen molar-refractivity contribution < 1.29 is 19.0 Å². The molecule has 8 heteroatoms. The van der Waals surface area contributed by atoms with E-state index in [1.165, 1.54) is 12.1 Å². The molecule has 0 heterocycles. The summed E-state index contributed by atoms with van der Waals surface area (Å²) >= 11 is 17.6. The lowest BCUT2D eigenvalue weighted by atomic mass is 10.1. The first-order valence-electron chi connectivity index (χ1n) is 5.45. The molecule has 0 aliphatic carbocycles. The summed E-state index contributed by atoms with van der Waals surface area (Å²) < 4.78 is 18.7. The fourth-order valence-electron chi connectivity index (χ4n) is 1.58. The van der Waals surface area contributed by atoms with Crippen molar-refractivity contribution in [1.29, 1.82) is 0 Å². The number of benzene rings is 2. The first kappa shape index (κ1) is 15.7. The van der Waals surface area contributed by atoms with Crippen molar-refractivity contribution in [2.45, 2.75) is 0 Å². The van der Waals surface area contributed by atoms with Crippen LogP contribution in [-0.2, 0) is 0 Å². The average molecular weight is 351 g/mol. The molecule has 0 saturated heterocycles. The van der Waals surface area contributed by atoms with Crippen molar-refractivity contribution in [3.05, 3.63) is 50.7 Å². The first-order valence-corrected chi connectivity index (χ1v) is 6.58. The third kappa shape index (κ3) is 3.15. The van der Waals surface area contributed by atoms with Gasteiger partial charge in [-0.15, -0.1) is 0 Å². The number of carboxylic acid groups (broad SMARTS) is 1. The van der Waals surface area contributed by atoms with Crippen molar-refractivity contribution >= 4 is 46.5 Å². The van der Waals surface area contributed by atoms with Gasteiger partial charge in [-0.3, -0.25) is 0 Å². The van der Waals surface area contributed by atoms with Gasteiger partial charge < -0.3 is 15.6 Å². The number of carbonyl (C=O) groups is 1. The van der Waals surface area contributed by atoms with Crippen molar-refractivity contribution in [1.82, 2.24) is 0 Å². The molecule has 2 aromatic carbocycles. The first-order chi connectivity index (χ1) is 9.81. The molecule has 0 aliphatic heterocycles. The lowest BCUT2D eigenvalue weighted by Crippen LogP contribution is -2.07. The molecule has 0 bridgehead atoms. The molecule has 0 aliphatic rings. The van der Waals surface area contributed by atoms with Crippen LogP contribution in [0.5, 0.6) is 11.5 Å². The molecule has 2 aromatic rings. The zero-order valence-electron chi connectivity index (χ0n) is 10.2. The predicted octanol–water partition coefficient (Wildman–Crippen LogP) is 4.86. The molecule has 0 radical (unpaired) electrons. The van der Waals surface area contributed by atoms with Crippen molar-refractivity contribution in [3.63, 3.8) is 0 Å². The van der Waals surface area contributed by atoms with Gasteiger partial charge in [0.2, 0.25) is 0 Å². The Kier molecular flexibility index (Phi) is 4.46. The topological polar surface area (TPSA) is 72.5 Å². The molecule has 0 saturated carbocycles. The Bertz CT molecular complexity index is 737. The number of hydrogen-bond acceptors (Lipinski definition) is 3. The Hall–Kier alpha value is -1.69. The molecule has 3 N–H and O–H groups in total. The monoisotopic (exact) mass is 349 g/mol. The number of nitrogens with two attached hydrogens (primary N) is 1. The van der Waals surface area contributed by atoms with Crippen LogP contribution in [0.3, 0.4) is 0 Å². The molecule has 110 valence electrons. The van der Waals surface area contributed by atoms with Gasteiger partial charge >= 0.3 is 5.97 Å². The average Bonchev–Trinajstić information content (AvgIpc) is 2.40. The van der Waals surface area contributed by atoms with Crippen LogP contribution < -0.4 is 10.5 Å². The van der Waals surface area contributed by atoms with Gasteiger partial charge in [0, 0.05) is 6.07 Å². The van der Waals surface area contributed by atoms with E-state index in [4.69, 9.17) is 50.4 Å². The van der Waals surface area contributed by atoms with Crippen LogP contribution in [-0.4, -0.2) is 11.1 Å². The molecule has 21 heavy (non-hydrogen) atoms. The third-order valence-corrected chi connectivity index (χ3v) is 3.58. The summed E-state index contributed by atoms with van der Waals surface area (Å²) in [5, 5.41) is 9.61. The molecule has 2 rings (SSSR count). The normalized spacial score (nSPS) is 10.5. The molecular formula is C13H7Cl3FNO3. The number of hydrogen-bond donors (Lipinski definition) is 2. The van der Waals surface area contributed by atoms with Crippen LogP contribution in [0.25, 0.3) is 0 Å². The minimum atomic E-state index is -1.43. The van der Waals surface area contributed by atoms with Crippen LogP contribution in [0.1, 0.15) is 10.4 Å². The van der Waals surface area contributed by atoms with Gasteiger partial charge in [-0.05, 0) is 18.2 Å². The van der Waals surface area contributed by atoms with Gasteiger partial charge in [-0.1, -0.05) is 34.8 Å². The summed E-state index contributed by atoms with van der Waals surface area (Å²) in [6.45, 7) is 0. The zero-order chi connectivity index (χ0) is 15.7. The quantitative estimate of drug-likeness (QED) is 0.612. The SMILES string of the molecule is Nc1c(F)ccc(Oc2cc(Cl)c(Cl)cc2Cl)c1C(=O)O. The predicted molar refractivity (Wildman–Crippen MR) is 79.3 cm³/mol. The minimum Gasteiger partial charge on any atom is -0.477 e. The fourth-order valence-corrected chi connectivity index (χ4v) is 2.16. The van der Waals surface area contributed by atoms with E-state index < -0.39 is 23.0 Å². The van der Waals surface area contributed by atoms with Crippen LogP contribution >= 0.6 is 34.8 Å². The van der Waals surface area contributed by atoms with E-state index in [2.05, 4.69) is 0 Å². The second-order valence-corrected chi connectivity index (χ2v) is 5.16. The van der Waals surface area contributed by atoms with Crippen molar-refractivity contribution in [2.24, 2.45) is 0 Å². The smallest absolute Gasteiger partial charge is 0.341 e. The summed E-state index contributed by atoms with van der Waals surface area (Å²) in [6.07, 6.45) is 0. The number of ether oxygens (including phenoxy) is 1. The highest BCUT2D eigenvalue weighted by atomic mass is 35.5. The minimum absolute atomic E-state index is 0.0691. The number of rotatable bonds is 3. The maximum atomic E-state index is 13.3. The highest BCUT2D eigenvalue weighted by Gasteiger charge is 2.20. The largest absolute Gasteiger partial charge is 0.477 e. The van der Waals surface area contributed by atoms with E-state index in [0.29, 0.717) is 0 Å². The van der Waals surface area contributed by atoms with Crippen LogP contribution in [0, 0.1) is 5.82 Å². The number of carboxylic acids is 1. The van der Waals surface area contributed by atoms with E-state index in [9.17, 15) is 9.18 Å². The maximum absolute atomic E-state index is 13.3. The molecule has 4 nitrogen and oxygen atoms in total. The fraction of sp³-hybridized carbons (Fsp3) is 0. The van der Waals surface area contributed by atoms with Crippen LogP contribution in [0.2, 0.25) is 15.1 Å². The van der Waals surface area contributed by atoms with E-state index in [-0.39, 0.29) is 26.6 Å². The Morgan fingerprint density at radius 2 is 1.71 bits per heavy atom. The van der Waals surface area contributed by atoms with Gasteiger partial charge in [0.1, 0.15) is 22.9 Å².